The fraction of sp³-hybridized carbons (Fsp3) is 0.273. The van der Waals surface area contributed by atoms with Gasteiger partial charge in [0.05, 0.1) is 10.8 Å². The van der Waals surface area contributed by atoms with Crippen molar-refractivity contribution in [3.05, 3.63) is 34.5 Å². The molecule has 1 aromatic rings. The molecule has 0 aromatic carbocycles. The summed E-state index contributed by atoms with van der Waals surface area (Å²) in [7, 11) is -1.08. The molecule has 100 valence electrons. The fourth-order valence-electron chi connectivity index (χ4n) is 1.68. The third-order valence-corrected chi connectivity index (χ3v) is 3.53. The van der Waals surface area contributed by atoms with Crippen LogP contribution in [0.15, 0.2) is 34.8 Å². The lowest BCUT2D eigenvalue weighted by Gasteiger charge is -2.17. The molecule has 0 radical (unpaired) electrons. The number of thiophene rings is 1. The number of nitrogens with zero attached hydrogens (tertiary/aromatic N) is 1. The summed E-state index contributed by atoms with van der Waals surface area (Å²) in [5.74, 6) is -1.11. The molecule has 1 aliphatic rings. The number of amides is 1. The first-order valence-electron chi connectivity index (χ1n) is 5.74. The molecule has 1 aliphatic heterocycles. The molecule has 0 saturated heterocycles. The minimum absolute atomic E-state index is 0.0737. The molecule has 0 spiro atoms. The second-order valence-corrected chi connectivity index (χ2v) is 4.88. The third kappa shape index (κ3) is 3.43. The van der Waals surface area contributed by atoms with E-state index in [1.807, 2.05) is 6.08 Å². The smallest absolute Gasteiger partial charge is 0.426 e. The van der Waals surface area contributed by atoms with Crippen LogP contribution in [0.2, 0.25) is 0 Å². The lowest BCUT2D eigenvalue weighted by atomic mass is 9.77. The van der Waals surface area contributed by atoms with E-state index in [-0.39, 0.29) is 5.71 Å². The molecule has 3 N–H and O–H groups in total. The summed E-state index contributed by atoms with van der Waals surface area (Å²) >= 11 is 1.29. The number of carbonyl (C=O) groups excluding carboxylic acids is 1. The van der Waals surface area contributed by atoms with E-state index in [2.05, 4.69) is 10.5 Å². The minimum Gasteiger partial charge on any atom is -0.426 e. The Bertz CT molecular complexity index is 489. The molecule has 0 saturated carbocycles. The standard InChI is InChI=1S/C11H13BN2O4S/c15-11(10(14-17)8-4-3-7-19-8)13-9-5-1-2-6-18-12(9)16/h1-4,7,9,16-17H,5-6H2,(H,13,15)/b14-10+. The van der Waals surface area contributed by atoms with Gasteiger partial charge < -0.3 is 20.2 Å². The predicted molar refractivity (Wildman–Crippen MR) is 72.3 cm³/mol. The second kappa shape index (κ2) is 6.51. The molecule has 2 rings (SSSR count). The van der Waals surface area contributed by atoms with E-state index < -0.39 is 19.0 Å². The Morgan fingerprint density at radius 1 is 1.58 bits per heavy atom. The van der Waals surface area contributed by atoms with Gasteiger partial charge in [0.2, 0.25) is 0 Å². The van der Waals surface area contributed by atoms with Crippen LogP contribution in [0.3, 0.4) is 0 Å². The predicted octanol–water partition coefficient (Wildman–Crippen LogP) is 0.407. The second-order valence-electron chi connectivity index (χ2n) is 3.94. The largest absolute Gasteiger partial charge is 0.478 e. The van der Waals surface area contributed by atoms with Crippen LogP contribution in [0.4, 0.5) is 0 Å². The number of rotatable bonds is 3. The van der Waals surface area contributed by atoms with Crippen LogP contribution in [0.5, 0.6) is 0 Å². The highest BCUT2D eigenvalue weighted by Crippen LogP contribution is 2.11. The summed E-state index contributed by atoms with van der Waals surface area (Å²) < 4.78 is 5.07. The number of hydrogen-bond acceptors (Lipinski definition) is 6. The van der Waals surface area contributed by atoms with Crippen LogP contribution >= 0.6 is 11.3 Å². The van der Waals surface area contributed by atoms with Crippen LogP contribution in [0, 0.1) is 0 Å². The zero-order valence-corrected chi connectivity index (χ0v) is 10.8. The topological polar surface area (TPSA) is 91.2 Å². The van der Waals surface area contributed by atoms with Crippen molar-refractivity contribution in [1.29, 1.82) is 0 Å². The van der Waals surface area contributed by atoms with Gasteiger partial charge in [0.15, 0.2) is 5.71 Å². The lowest BCUT2D eigenvalue weighted by Crippen LogP contribution is -2.49. The van der Waals surface area contributed by atoms with Crippen LogP contribution in [0.1, 0.15) is 11.3 Å². The summed E-state index contributed by atoms with van der Waals surface area (Å²) in [6, 6.07) is 3.43. The summed E-state index contributed by atoms with van der Waals surface area (Å²) in [5, 5.41) is 26.0. The molecular formula is C11H13BN2O4S. The SMILES string of the molecule is O=C(NC1CC=CCOB1O)/C(=N/O)c1cccs1. The lowest BCUT2D eigenvalue weighted by molar-refractivity contribution is -0.115. The van der Waals surface area contributed by atoms with Gasteiger partial charge in [0.1, 0.15) is 0 Å². The highest BCUT2D eigenvalue weighted by atomic mass is 32.1. The zero-order chi connectivity index (χ0) is 13.7. The van der Waals surface area contributed by atoms with Crippen LogP contribution in [-0.4, -0.2) is 41.5 Å². The van der Waals surface area contributed by atoms with Gasteiger partial charge in [-0.3, -0.25) is 4.79 Å². The maximum Gasteiger partial charge on any atom is 0.478 e. The molecule has 1 aromatic heterocycles. The van der Waals surface area contributed by atoms with Gasteiger partial charge in [-0.15, -0.1) is 11.3 Å². The Labute approximate surface area is 114 Å². The van der Waals surface area contributed by atoms with Gasteiger partial charge in [-0.25, -0.2) is 0 Å². The molecular weight excluding hydrogens is 267 g/mol. The first kappa shape index (κ1) is 13.8. The first-order valence-corrected chi connectivity index (χ1v) is 6.62. The highest BCUT2D eigenvalue weighted by molar-refractivity contribution is 7.13. The molecule has 1 unspecified atom stereocenters. The molecule has 1 amide bonds. The Morgan fingerprint density at radius 2 is 2.42 bits per heavy atom. The Hall–Kier alpha value is -1.64. The van der Waals surface area contributed by atoms with Crippen molar-refractivity contribution in [2.24, 2.45) is 5.16 Å². The summed E-state index contributed by atoms with van der Waals surface area (Å²) in [5.41, 5.74) is -0.0737. The zero-order valence-electron chi connectivity index (χ0n) is 10.0. The monoisotopic (exact) mass is 280 g/mol. The number of carbonyl (C=O) groups is 1. The van der Waals surface area contributed by atoms with Crippen molar-refractivity contribution in [3.8, 4) is 0 Å². The molecule has 1 atom stereocenters. The van der Waals surface area contributed by atoms with Gasteiger partial charge in [-0.2, -0.15) is 0 Å². The van der Waals surface area contributed by atoms with E-state index in [9.17, 15) is 9.82 Å². The van der Waals surface area contributed by atoms with Crippen molar-refractivity contribution in [2.45, 2.75) is 12.4 Å². The van der Waals surface area contributed by atoms with E-state index in [0.717, 1.165) is 0 Å². The highest BCUT2D eigenvalue weighted by Gasteiger charge is 2.30. The average Bonchev–Trinajstić information content (AvgIpc) is 2.84. The molecule has 8 heteroatoms. The molecule has 0 aliphatic carbocycles. The van der Waals surface area contributed by atoms with Gasteiger partial charge in [-0.1, -0.05) is 23.4 Å². The molecule has 0 fully saturated rings. The Morgan fingerprint density at radius 3 is 3.11 bits per heavy atom. The average molecular weight is 280 g/mol. The van der Waals surface area contributed by atoms with Gasteiger partial charge in [0.25, 0.3) is 5.91 Å². The third-order valence-electron chi connectivity index (χ3n) is 2.65. The van der Waals surface area contributed by atoms with Crippen LogP contribution < -0.4 is 5.32 Å². The van der Waals surface area contributed by atoms with Crippen molar-refractivity contribution in [2.75, 3.05) is 6.61 Å². The molecule has 2 heterocycles. The normalized spacial score (nSPS) is 20.2. The van der Waals surface area contributed by atoms with Crippen molar-refractivity contribution in [3.63, 3.8) is 0 Å². The maximum absolute atomic E-state index is 12.0. The van der Waals surface area contributed by atoms with Gasteiger partial charge in [0, 0.05) is 6.61 Å². The quantitative estimate of drug-likeness (QED) is 0.246. The van der Waals surface area contributed by atoms with Gasteiger partial charge >= 0.3 is 7.12 Å². The van der Waals surface area contributed by atoms with Crippen LogP contribution in [-0.2, 0) is 9.45 Å². The van der Waals surface area contributed by atoms with Gasteiger partial charge in [-0.05, 0) is 17.9 Å². The summed E-state index contributed by atoms with van der Waals surface area (Å²) in [6.07, 6.45) is 4.05. The molecule has 6 nitrogen and oxygen atoms in total. The van der Waals surface area contributed by atoms with Crippen LogP contribution in [0.25, 0.3) is 0 Å². The van der Waals surface area contributed by atoms with E-state index >= 15 is 0 Å². The maximum atomic E-state index is 12.0. The number of hydrogen-bond donors (Lipinski definition) is 3. The Balaban J connectivity index is 2.05. The van der Waals surface area contributed by atoms with Crippen molar-refractivity contribution < 1.29 is 19.7 Å². The summed E-state index contributed by atoms with van der Waals surface area (Å²) in [4.78, 5) is 12.6. The minimum atomic E-state index is -1.08. The van der Waals surface area contributed by atoms with E-state index in [1.165, 1.54) is 11.3 Å². The fourth-order valence-corrected chi connectivity index (χ4v) is 2.39. The number of oxime groups is 1. The molecule has 0 bridgehead atoms. The first-order chi connectivity index (χ1) is 9.22. The molecule has 19 heavy (non-hydrogen) atoms. The van der Waals surface area contributed by atoms with Crippen molar-refractivity contribution >= 4 is 30.1 Å². The van der Waals surface area contributed by atoms with E-state index in [1.54, 1.807) is 23.6 Å². The van der Waals surface area contributed by atoms with E-state index in [0.29, 0.717) is 17.9 Å². The number of nitrogens with one attached hydrogen (secondary N) is 1. The van der Waals surface area contributed by atoms with E-state index in [4.69, 9.17) is 9.86 Å². The van der Waals surface area contributed by atoms with Crippen molar-refractivity contribution in [1.82, 2.24) is 5.32 Å². The Kier molecular flexibility index (Phi) is 4.72. The summed E-state index contributed by atoms with van der Waals surface area (Å²) in [6.45, 7) is 0.305.